The molecule has 0 spiro atoms. The number of nitrogens with one attached hydrogen (secondary N) is 4. The molecule has 0 saturated heterocycles. The van der Waals surface area contributed by atoms with Crippen molar-refractivity contribution < 1.29 is 9.59 Å². The average molecular weight is 342 g/mol. The van der Waals surface area contributed by atoms with Gasteiger partial charge in [0, 0.05) is 30.9 Å². The van der Waals surface area contributed by atoms with Gasteiger partial charge in [0.25, 0.3) is 0 Å². The van der Waals surface area contributed by atoms with Gasteiger partial charge in [0.15, 0.2) is 0 Å². The van der Waals surface area contributed by atoms with Crippen LogP contribution in [0.4, 0.5) is 10.6 Å². The average Bonchev–Trinajstić information content (AvgIpc) is 3.04. The molecule has 0 aliphatic heterocycles. The minimum absolute atomic E-state index is 0.0932. The second-order valence-corrected chi connectivity index (χ2v) is 6.23. The summed E-state index contributed by atoms with van der Waals surface area (Å²) in [5.41, 5.74) is 3.34. The van der Waals surface area contributed by atoms with Crippen LogP contribution in [-0.4, -0.2) is 39.7 Å². The summed E-state index contributed by atoms with van der Waals surface area (Å²) >= 11 is 0. The second-order valence-electron chi connectivity index (χ2n) is 6.23. The van der Waals surface area contributed by atoms with Crippen molar-refractivity contribution in [1.82, 2.24) is 25.8 Å². The van der Waals surface area contributed by atoms with Crippen LogP contribution >= 0.6 is 0 Å². The van der Waals surface area contributed by atoms with Gasteiger partial charge in [-0.15, -0.1) is 0 Å². The third kappa shape index (κ3) is 4.79. The van der Waals surface area contributed by atoms with Gasteiger partial charge in [-0.05, 0) is 43.4 Å². The molecular weight excluding hydrogens is 320 g/mol. The lowest BCUT2D eigenvalue weighted by Gasteiger charge is -2.22. The number of amides is 3. The highest BCUT2D eigenvalue weighted by Crippen LogP contribution is 2.18. The van der Waals surface area contributed by atoms with Gasteiger partial charge in [0.05, 0.1) is 6.20 Å². The second kappa shape index (κ2) is 7.78. The number of aromatic nitrogens is 3. The third-order valence-corrected chi connectivity index (χ3v) is 4.17. The van der Waals surface area contributed by atoms with Crippen molar-refractivity contribution in [2.75, 3.05) is 11.9 Å². The molecule has 0 fully saturated rings. The van der Waals surface area contributed by atoms with Crippen LogP contribution in [0.2, 0.25) is 0 Å². The molecular formula is C17H22N6O2. The number of fused-ring (bicyclic) bond motifs is 1. The Morgan fingerprint density at radius 1 is 1.32 bits per heavy atom. The van der Waals surface area contributed by atoms with Gasteiger partial charge in [-0.3, -0.25) is 9.89 Å². The van der Waals surface area contributed by atoms with Gasteiger partial charge < -0.3 is 16.0 Å². The minimum atomic E-state index is -0.252. The molecule has 2 heterocycles. The number of carbonyl (C=O) groups excluding carboxylic acids is 2. The SMILES string of the molecule is Cc1ccc(NC(=O)CCNC(=O)NC2CCc3[nH]ncc3C2)nc1. The number of nitrogens with zero attached hydrogens (tertiary/aromatic N) is 2. The van der Waals surface area contributed by atoms with Crippen molar-refractivity contribution in [2.24, 2.45) is 0 Å². The van der Waals surface area contributed by atoms with E-state index in [1.165, 1.54) is 0 Å². The first-order valence-electron chi connectivity index (χ1n) is 8.38. The van der Waals surface area contributed by atoms with Crippen LogP contribution < -0.4 is 16.0 Å². The van der Waals surface area contributed by atoms with Crippen LogP contribution in [0.5, 0.6) is 0 Å². The van der Waals surface area contributed by atoms with E-state index in [1.807, 2.05) is 19.2 Å². The number of aromatic amines is 1. The fourth-order valence-corrected chi connectivity index (χ4v) is 2.81. The number of aryl methyl sites for hydroxylation is 2. The summed E-state index contributed by atoms with van der Waals surface area (Å²) in [4.78, 5) is 27.9. The van der Waals surface area contributed by atoms with Crippen LogP contribution in [0.1, 0.15) is 29.7 Å². The Morgan fingerprint density at radius 2 is 2.20 bits per heavy atom. The van der Waals surface area contributed by atoms with E-state index >= 15 is 0 Å². The molecule has 3 amide bonds. The van der Waals surface area contributed by atoms with E-state index in [1.54, 1.807) is 12.3 Å². The van der Waals surface area contributed by atoms with Crippen molar-refractivity contribution >= 4 is 17.8 Å². The highest BCUT2D eigenvalue weighted by atomic mass is 16.2. The molecule has 3 rings (SSSR count). The van der Waals surface area contributed by atoms with E-state index in [4.69, 9.17) is 0 Å². The molecule has 0 bridgehead atoms. The van der Waals surface area contributed by atoms with Crippen molar-refractivity contribution in [3.63, 3.8) is 0 Å². The molecule has 2 aromatic rings. The zero-order chi connectivity index (χ0) is 17.6. The highest BCUT2D eigenvalue weighted by molar-refractivity contribution is 5.90. The van der Waals surface area contributed by atoms with Crippen molar-refractivity contribution in [3.05, 3.63) is 41.3 Å². The van der Waals surface area contributed by atoms with Gasteiger partial charge in [0.1, 0.15) is 5.82 Å². The maximum absolute atomic E-state index is 11.9. The Morgan fingerprint density at radius 3 is 3.00 bits per heavy atom. The van der Waals surface area contributed by atoms with Crippen LogP contribution in [0.15, 0.2) is 24.5 Å². The summed E-state index contributed by atoms with van der Waals surface area (Å²) in [5, 5.41) is 15.4. The lowest BCUT2D eigenvalue weighted by Crippen LogP contribution is -2.45. The van der Waals surface area contributed by atoms with E-state index in [2.05, 4.69) is 31.1 Å². The summed E-state index contributed by atoms with van der Waals surface area (Å²) in [6, 6.07) is 3.47. The quantitative estimate of drug-likeness (QED) is 0.656. The normalized spacial score (nSPS) is 16.0. The first kappa shape index (κ1) is 16.9. The van der Waals surface area contributed by atoms with E-state index in [0.29, 0.717) is 5.82 Å². The largest absolute Gasteiger partial charge is 0.338 e. The lowest BCUT2D eigenvalue weighted by atomic mass is 9.94. The summed E-state index contributed by atoms with van der Waals surface area (Å²) in [5.74, 6) is 0.329. The predicted octanol–water partition coefficient (Wildman–Crippen LogP) is 1.30. The van der Waals surface area contributed by atoms with Crippen LogP contribution in [0.3, 0.4) is 0 Å². The zero-order valence-corrected chi connectivity index (χ0v) is 14.1. The molecule has 1 aliphatic rings. The summed E-state index contributed by atoms with van der Waals surface area (Å²) < 4.78 is 0. The molecule has 132 valence electrons. The molecule has 0 radical (unpaired) electrons. The Kier molecular flexibility index (Phi) is 5.27. The van der Waals surface area contributed by atoms with Gasteiger partial charge in [-0.2, -0.15) is 5.10 Å². The van der Waals surface area contributed by atoms with Gasteiger partial charge in [-0.25, -0.2) is 9.78 Å². The molecule has 8 heteroatoms. The van der Waals surface area contributed by atoms with Crippen LogP contribution in [0.25, 0.3) is 0 Å². The number of anilines is 1. The maximum Gasteiger partial charge on any atom is 0.315 e. The van der Waals surface area contributed by atoms with E-state index in [9.17, 15) is 9.59 Å². The molecule has 0 saturated carbocycles. The van der Waals surface area contributed by atoms with Crippen molar-refractivity contribution in [1.29, 1.82) is 0 Å². The van der Waals surface area contributed by atoms with Gasteiger partial charge in [0.2, 0.25) is 5.91 Å². The summed E-state index contributed by atoms with van der Waals surface area (Å²) in [6.07, 6.45) is 6.23. The molecule has 25 heavy (non-hydrogen) atoms. The Hall–Kier alpha value is -2.90. The number of hydrogen-bond donors (Lipinski definition) is 4. The predicted molar refractivity (Wildman–Crippen MR) is 93.2 cm³/mol. The molecule has 0 aromatic carbocycles. The van der Waals surface area contributed by atoms with Crippen LogP contribution in [-0.2, 0) is 17.6 Å². The Labute approximate surface area is 145 Å². The standard InChI is InChI=1S/C17H22N6O2/c1-11-2-5-15(19-9-11)22-16(24)6-7-18-17(25)21-13-3-4-14-12(8-13)10-20-23-14/h2,5,9-10,13H,3-4,6-8H2,1H3,(H,20,23)(H2,18,21,25)(H,19,22,24). The molecule has 8 nitrogen and oxygen atoms in total. The third-order valence-electron chi connectivity index (χ3n) is 4.17. The van der Waals surface area contributed by atoms with E-state index in [-0.39, 0.29) is 30.9 Å². The first-order chi connectivity index (χ1) is 12.1. The minimum Gasteiger partial charge on any atom is -0.338 e. The summed E-state index contributed by atoms with van der Waals surface area (Å²) in [7, 11) is 0. The molecule has 4 N–H and O–H groups in total. The van der Waals surface area contributed by atoms with Crippen molar-refractivity contribution in [2.45, 2.75) is 38.6 Å². The van der Waals surface area contributed by atoms with E-state index in [0.717, 1.165) is 36.1 Å². The number of H-pyrrole nitrogens is 1. The first-order valence-corrected chi connectivity index (χ1v) is 8.38. The summed E-state index contributed by atoms with van der Waals surface area (Å²) in [6.45, 7) is 2.20. The number of rotatable bonds is 5. The molecule has 2 aromatic heterocycles. The lowest BCUT2D eigenvalue weighted by molar-refractivity contribution is -0.116. The maximum atomic E-state index is 11.9. The monoisotopic (exact) mass is 342 g/mol. The van der Waals surface area contributed by atoms with Crippen LogP contribution in [0, 0.1) is 6.92 Å². The van der Waals surface area contributed by atoms with Gasteiger partial charge >= 0.3 is 6.03 Å². The number of hydrogen-bond acceptors (Lipinski definition) is 4. The molecule has 1 unspecified atom stereocenters. The zero-order valence-electron chi connectivity index (χ0n) is 14.1. The molecule has 1 aliphatic carbocycles. The highest BCUT2D eigenvalue weighted by Gasteiger charge is 2.21. The molecule has 1 atom stereocenters. The fraction of sp³-hybridized carbons (Fsp3) is 0.412. The smallest absolute Gasteiger partial charge is 0.315 e. The Balaban J connectivity index is 1.35. The van der Waals surface area contributed by atoms with Crippen molar-refractivity contribution in [3.8, 4) is 0 Å². The topological polar surface area (TPSA) is 112 Å². The van der Waals surface area contributed by atoms with E-state index < -0.39 is 0 Å². The Bertz CT molecular complexity index is 740. The number of carbonyl (C=O) groups is 2. The number of urea groups is 1. The van der Waals surface area contributed by atoms with Gasteiger partial charge in [-0.1, -0.05) is 6.07 Å². The number of pyridine rings is 1. The fourth-order valence-electron chi connectivity index (χ4n) is 2.81.